The van der Waals surface area contributed by atoms with Crippen molar-refractivity contribution in [2.45, 2.75) is 122 Å². The second kappa shape index (κ2) is 15.5. The number of esters is 2. The molecular formula is C27H45N7O6P+. The molecule has 2 heterocycles. The molecule has 0 saturated heterocycles. The van der Waals surface area contributed by atoms with E-state index in [9.17, 15) is 14.2 Å². The maximum Gasteiger partial charge on any atom is 0.461 e. The molecule has 4 rings (SSSR count). The Morgan fingerprint density at radius 3 is 2.29 bits per heavy atom. The third-order valence-electron chi connectivity index (χ3n) is 6.99. The summed E-state index contributed by atoms with van der Waals surface area (Å²) < 4.78 is 30.4. The van der Waals surface area contributed by atoms with Gasteiger partial charge >= 0.3 is 19.9 Å². The van der Waals surface area contributed by atoms with Crippen molar-refractivity contribution < 1.29 is 28.4 Å². The molecule has 2 aromatic rings. The van der Waals surface area contributed by atoms with Crippen molar-refractivity contribution in [2.24, 2.45) is 5.73 Å². The number of hydrogen-bond donors (Lipinski definition) is 3. The molecule has 0 amide bonds. The van der Waals surface area contributed by atoms with Crippen molar-refractivity contribution in [3.63, 3.8) is 0 Å². The van der Waals surface area contributed by atoms with E-state index < -0.39 is 19.5 Å². The molecule has 3 atom stereocenters. The third kappa shape index (κ3) is 10.6. The Bertz CT molecular complexity index is 1160. The fourth-order valence-electron chi connectivity index (χ4n) is 4.62. The summed E-state index contributed by atoms with van der Waals surface area (Å²) in [5, 5.41) is 2.76. The van der Waals surface area contributed by atoms with Crippen LogP contribution in [-0.2, 0) is 34.9 Å². The number of rotatable bonds is 11. The first-order valence-electron chi connectivity index (χ1n) is 14.4. The highest BCUT2D eigenvalue weighted by Gasteiger charge is 2.29. The number of nitrogens with two attached hydrogens (primary N) is 2. The van der Waals surface area contributed by atoms with Crippen molar-refractivity contribution in [1.29, 1.82) is 0 Å². The molecule has 13 nitrogen and oxygen atoms in total. The SMILES string of the molecule is CC(C)(N)C(=O)OC1CCCCC1.CC(Cn1cnc2c(N)ncnc21)OC[P+](=O)NC(C)C(=O)OC1CCCC1. The van der Waals surface area contributed by atoms with Gasteiger partial charge in [-0.05, 0) is 83.6 Å². The van der Waals surface area contributed by atoms with Crippen LogP contribution in [0, 0.1) is 0 Å². The predicted octanol–water partition coefficient (Wildman–Crippen LogP) is 3.58. The molecule has 2 saturated carbocycles. The number of carbonyl (C=O) groups is 2. The first-order valence-corrected chi connectivity index (χ1v) is 15.8. The summed E-state index contributed by atoms with van der Waals surface area (Å²) in [5.74, 6) is -0.326. The summed E-state index contributed by atoms with van der Waals surface area (Å²) in [6, 6.07) is -0.639. The Morgan fingerprint density at radius 1 is 1.05 bits per heavy atom. The first-order chi connectivity index (χ1) is 19.4. The fourth-order valence-corrected chi connectivity index (χ4v) is 5.62. The quantitative estimate of drug-likeness (QED) is 0.254. The monoisotopic (exact) mass is 594 g/mol. The molecule has 0 spiro atoms. The summed E-state index contributed by atoms with van der Waals surface area (Å²) in [6.07, 6.45) is 12.5. The number of aromatic nitrogens is 4. The van der Waals surface area contributed by atoms with Crippen LogP contribution in [0.1, 0.15) is 85.5 Å². The molecule has 0 aromatic carbocycles. The lowest BCUT2D eigenvalue weighted by Gasteiger charge is -2.25. The Kier molecular flexibility index (Phi) is 12.4. The molecule has 41 heavy (non-hydrogen) atoms. The van der Waals surface area contributed by atoms with Gasteiger partial charge in [0.15, 0.2) is 11.5 Å². The summed E-state index contributed by atoms with van der Waals surface area (Å²) >= 11 is 0. The van der Waals surface area contributed by atoms with Crippen LogP contribution in [-0.4, -0.2) is 67.7 Å². The number of anilines is 1. The summed E-state index contributed by atoms with van der Waals surface area (Å²) in [4.78, 5) is 35.7. The van der Waals surface area contributed by atoms with Crippen LogP contribution >= 0.6 is 7.95 Å². The molecule has 5 N–H and O–H groups in total. The zero-order chi connectivity index (χ0) is 30.0. The highest BCUT2D eigenvalue weighted by atomic mass is 31.1. The van der Waals surface area contributed by atoms with E-state index >= 15 is 0 Å². The molecule has 0 bridgehead atoms. The van der Waals surface area contributed by atoms with Crippen molar-refractivity contribution in [1.82, 2.24) is 24.6 Å². The average molecular weight is 595 g/mol. The van der Waals surface area contributed by atoms with Crippen LogP contribution in [0.3, 0.4) is 0 Å². The minimum atomic E-state index is -1.90. The van der Waals surface area contributed by atoms with Gasteiger partial charge in [-0.15, -0.1) is 0 Å². The molecule has 2 aromatic heterocycles. The number of fused-ring (bicyclic) bond motifs is 1. The van der Waals surface area contributed by atoms with Crippen LogP contribution in [0.4, 0.5) is 5.82 Å². The van der Waals surface area contributed by atoms with Crippen molar-refractivity contribution in [2.75, 3.05) is 12.1 Å². The summed E-state index contributed by atoms with van der Waals surface area (Å²) in [6.45, 7) is 7.33. The molecule has 0 radical (unpaired) electrons. The molecule has 14 heteroatoms. The van der Waals surface area contributed by atoms with Gasteiger partial charge in [0.2, 0.25) is 0 Å². The van der Waals surface area contributed by atoms with E-state index in [4.69, 9.17) is 25.7 Å². The second-order valence-electron chi connectivity index (χ2n) is 11.4. The van der Waals surface area contributed by atoms with E-state index in [0.717, 1.165) is 38.5 Å². The van der Waals surface area contributed by atoms with E-state index in [1.165, 1.54) is 25.6 Å². The molecule has 2 fully saturated rings. The Labute approximate surface area is 242 Å². The first kappa shape index (κ1) is 32.8. The van der Waals surface area contributed by atoms with Crippen LogP contribution in [0.2, 0.25) is 0 Å². The minimum absolute atomic E-state index is 0.00579. The lowest BCUT2D eigenvalue weighted by Crippen LogP contribution is -2.44. The van der Waals surface area contributed by atoms with Gasteiger partial charge in [-0.3, -0.25) is 9.59 Å². The lowest BCUT2D eigenvalue weighted by atomic mass is 9.97. The van der Waals surface area contributed by atoms with Crippen LogP contribution < -0.4 is 16.6 Å². The molecule has 2 aliphatic rings. The van der Waals surface area contributed by atoms with Crippen molar-refractivity contribution in [3.05, 3.63) is 12.7 Å². The maximum atomic E-state index is 12.2. The number of ether oxygens (including phenoxy) is 3. The van der Waals surface area contributed by atoms with E-state index in [-0.39, 0.29) is 36.6 Å². The Morgan fingerprint density at radius 2 is 1.66 bits per heavy atom. The smallest absolute Gasteiger partial charge is 0.461 e. The van der Waals surface area contributed by atoms with Gasteiger partial charge in [0.1, 0.15) is 35.6 Å². The van der Waals surface area contributed by atoms with Gasteiger partial charge in [-0.25, -0.2) is 15.0 Å². The lowest BCUT2D eigenvalue weighted by molar-refractivity contribution is -0.155. The van der Waals surface area contributed by atoms with Gasteiger partial charge < -0.3 is 30.2 Å². The number of nitrogens with zero attached hydrogens (tertiary/aromatic N) is 4. The Hall–Kier alpha value is -2.73. The summed E-state index contributed by atoms with van der Waals surface area (Å²) in [7, 11) is -1.90. The highest BCUT2D eigenvalue weighted by Crippen LogP contribution is 2.23. The van der Waals surface area contributed by atoms with Crippen molar-refractivity contribution in [3.8, 4) is 0 Å². The molecule has 2 aliphatic carbocycles. The van der Waals surface area contributed by atoms with E-state index in [1.807, 2.05) is 6.92 Å². The second-order valence-corrected chi connectivity index (χ2v) is 12.7. The van der Waals surface area contributed by atoms with E-state index in [2.05, 4.69) is 20.0 Å². The molecule has 228 valence electrons. The van der Waals surface area contributed by atoms with Crippen LogP contribution in [0.5, 0.6) is 0 Å². The number of nitrogen functional groups attached to an aromatic ring is 1. The normalized spacial score (nSPS) is 18.3. The van der Waals surface area contributed by atoms with Gasteiger partial charge in [0, 0.05) is 0 Å². The zero-order valence-corrected chi connectivity index (χ0v) is 25.5. The van der Waals surface area contributed by atoms with Gasteiger partial charge in [-0.2, -0.15) is 0 Å². The highest BCUT2D eigenvalue weighted by molar-refractivity contribution is 7.42. The van der Waals surface area contributed by atoms with Crippen LogP contribution in [0.25, 0.3) is 11.2 Å². The van der Waals surface area contributed by atoms with Gasteiger partial charge in [-0.1, -0.05) is 11.5 Å². The molecule has 0 aliphatic heterocycles. The molecular weight excluding hydrogens is 549 g/mol. The van der Waals surface area contributed by atoms with Gasteiger partial charge in [0.25, 0.3) is 6.35 Å². The van der Waals surface area contributed by atoms with Crippen LogP contribution in [0.15, 0.2) is 12.7 Å². The standard InChI is InChI=1S/C17H26N6O4P.C10H19NO2/c1-11(7-23-9-21-14-15(18)19-8-20-16(14)23)26-10-28(25)22-12(2)17(24)27-13-5-3-4-6-13;1-10(2,11)9(12)13-8-6-4-3-5-7-8/h8-9,11-13H,3-7,10H2,1-2H3,(H,22,25)(H2,18,19,20);8H,3-7,11H2,1-2H3/q+1;. The number of imidazole rings is 1. The zero-order valence-electron chi connectivity index (χ0n) is 24.6. The van der Waals surface area contributed by atoms with Crippen molar-refractivity contribution >= 4 is 36.9 Å². The largest absolute Gasteiger partial charge is 0.461 e. The fraction of sp³-hybridized carbons (Fsp3) is 0.741. The third-order valence-corrected chi connectivity index (χ3v) is 8.05. The average Bonchev–Trinajstić information content (AvgIpc) is 3.59. The predicted molar refractivity (Wildman–Crippen MR) is 155 cm³/mol. The maximum absolute atomic E-state index is 12.2. The van der Waals surface area contributed by atoms with E-state index in [0.29, 0.717) is 23.5 Å². The number of carbonyl (C=O) groups excluding carboxylic acids is 2. The summed E-state index contributed by atoms with van der Waals surface area (Å²) in [5.41, 5.74) is 11.7. The van der Waals surface area contributed by atoms with E-state index in [1.54, 1.807) is 31.7 Å². The number of nitrogens with one attached hydrogen (secondary N) is 1. The number of hydrogen-bond acceptors (Lipinski definition) is 11. The molecule has 3 unspecified atom stereocenters. The van der Waals surface area contributed by atoms with Gasteiger partial charge in [0.05, 0.1) is 19.0 Å². The minimum Gasteiger partial charge on any atom is -0.461 e. The topological polar surface area (TPSA) is 187 Å². The Balaban J connectivity index is 0.000000298.